The van der Waals surface area contributed by atoms with Crippen LogP contribution in [0.1, 0.15) is 17.9 Å². The summed E-state index contributed by atoms with van der Waals surface area (Å²) in [5.41, 5.74) is 0.840. The smallest absolute Gasteiger partial charge is 0.147 e. The van der Waals surface area contributed by atoms with Gasteiger partial charge >= 0.3 is 0 Å². The summed E-state index contributed by atoms with van der Waals surface area (Å²) in [7, 11) is -2.84. The minimum atomic E-state index is -2.84. The predicted molar refractivity (Wildman–Crippen MR) is 57.3 cm³/mol. The highest BCUT2D eigenvalue weighted by molar-refractivity contribution is 7.90. The highest BCUT2D eigenvalue weighted by Gasteiger charge is 2.02. The molecule has 86 valence electrons. The molecule has 1 aromatic heterocycles. The second-order valence-electron chi connectivity index (χ2n) is 3.59. The first-order valence-electron chi connectivity index (χ1n) is 4.78. The summed E-state index contributed by atoms with van der Waals surface area (Å²) in [6, 6.07) is 1.85. The maximum Gasteiger partial charge on any atom is 0.147 e. The number of nitrogens with one attached hydrogen (secondary N) is 1. The molecule has 1 aromatic rings. The normalized spacial score (nSPS) is 11.9. The summed E-state index contributed by atoms with van der Waals surface area (Å²) in [6.45, 7) is 3.11. The number of hydrogen-bond donors (Lipinski definition) is 1. The molecule has 0 aromatic carbocycles. The van der Waals surface area contributed by atoms with Gasteiger partial charge in [0, 0.05) is 18.9 Å². The first-order chi connectivity index (χ1) is 6.97. The topological polar surface area (TPSA) is 72.2 Å². The fourth-order valence-electron chi connectivity index (χ4n) is 1.18. The molecule has 0 spiro atoms. The summed E-state index contributed by atoms with van der Waals surface area (Å²) in [6.07, 6.45) is 1.86. The van der Waals surface area contributed by atoms with Crippen LogP contribution in [0.2, 0.25) is 0 Å². The van der Waals surface area contributed by atoms with Gasteiger partial charge in [-0.25, -0.2) is 8.42 Å². The second-order valence-corrected chi connectivity index (χ2v) is 5.85. The van der Waals surface area contributed by atoms with Crippen LogP contribution in [0.5, 0.6) is 0 Å². The molecule has 6 heteroatoms. The van der Waals surface area contributed by atoms with Crippen LogP contribution in [-0.2, 0) is 16.4 Å². The van der Waals surface area contributed by atoms with Crippen molar-refractivity contribution in [2.24, 2.45) is 0 Å². The van der Waals surface area contributed by atoms with Gasteiger partial charge in [0.05, 0.1) is 11.4 Å². The Kier molecular flexibility index (Phi) is 4.28. The molecule has 1 heterocycles. The lowest BCUT2D eigenvalue weighted by Crippen LogP contribution is -2.17. The monoisotopic (exact) mass is 232 g/mol. The zero-order valence-electron chi connectivity index (χ0n) is 8.99. The maximum atomic E-state index is 10.8. The Labute approximate surface area is 89.8 Å². The number of hydrogen-bond acceptors (Lipinski definition) is 5. The van der Waals surface area contributed by atoms with E-state index in [-0.39, 0.29) is 5.75 Å². The minimum Gasteiger partial charge on any atom is -0.361 e. The van der Waals surface area contributed by atoms with E-state index in [1.165, 1.54) is 6.26 Å². The van der Waals surface area contributed by atoms with Gasteiger partial charge in [0.1, 0.15) is 15.6 Å². The van der Waals surface area contributed by atoms with Gasteiger partial charge in [-0.3, -0.25) is 0 Å². The van der Waals surface area contributed by atoms with Crippen LogP contribution in [0.3, 0.4) is 0 Å². The number of aryl methyl sites for hydroxylation is 1. The van der Waals surface area contributed by atoms with Crippen LogP contribution in [0.4, 0.5) is 0 Å². The fraction of sp³-hybridized carbons (Fsp3) is 0.667. The van der Waals surface area contributed by atoms with Crippen LogP contribution in [0.15, 0.2) is 10.6 Å². The zero-order valence-corrected chi connectivity index (χ0v) is 9.80. The molecule has 1 rings (SSSR count). The van der Waals surface area contributed by atoms with Gasteiger partial charge in [-0.15, -0.1) is 0 Å². The molecule has 0 aliphatic rings. The summed E-state index contributed by atoms with van der Waals surface area (Å²) in [5, 5.41) is 6.91. The number of nitrogens with zero attached hydrogens (tertiary/aromatic N) is 1. The average Bonchev–Trinajstić information content (AvgIpc) is 2.49. The van der Waals surface area contributed by atoms with E-state index in [0.717, 1.165) is 11.5 Å². The fourth-order valence-corrected chi connectivity index (χ4v) is 1.85. The Morgan fingerprint density at radius 3 is 2.80 bits per heavy atom. The molecule has 0 aliphatic carbocycles. The Bertz CT molecular complexity index is 397. The summed E-state index contributed by atoms with van der Waals surface area (Å²) in [5.74, 6) is 1.00. The van der Waals surface area contributed by atoms with Crippen LogP contribution in [0, 0.1) is 6.92 Å². The number of rotatable bonds is 6. The van der Waals surface area contributed by atoms with Crippen molar-refractivity contribution in [1.82, 2.24) is 10.5 Å². The van der Waals surface area contributed by atoms with Gasteiger partial charge in [-0.2, -0.15) is 0 Å². The molecule has 0 radical (unpaired) electrons. The summed E-state index contributed by atoms with van der Waals surface area (Å²) >= 11 is 0. The SMILES string of the molecule is Cc1cc(CNCCCS(C)(=O)=O)no1. The van der Waals surface area contributed by atoms with E-state index in [4.69, 9.17) is 4.52 Å². The van der Waals surface area contributed by atoms with Crippen LogP contribution in [-0.4, -0.2) is 32.1 Å². The van der Waals surface area contributed by atoms with Crippen LogP contribution < -0.4 is 5.32 Å². The predicted octanol–water partition coefficient (Wildman–Crippen LogP) is 0.507. The Hall–Kier alpha value is -0.880. The molecule has 5 nitrogen and oxygen atoms in total. The largest absolute Gasteiger partial charge is 0.361 e. The molecule has 0 unspecified atom stereocenters. The molecular weight excluding hydrogens is 216 g/mol. The summed E-state index contributed by atoms with van der Waals surface area (Å²) < 4.78 is 26.5. The van der Waals surface area contributed by atoms with Gasteiger partial charge in [-0.1, -0.05) is 5.16 Å². The standard InChI is InChI=1S/C9H16N2O3S/c1-8-6-9(11-14-8)7-10-4-3-5-15(2,12)13/h6,10H,3-5,7H2,1-2H3. The Morgan fingerprint density at radius 2 is 2.27 bits per heavy atom. The zero-order chi connectivity index (χ0) is 11.3. The molecule has 0 saturated carbocycles. The quantitative estimate of drug-likeness (QED) is 0.723. The lowest BCUT2D eigenvalue weighted by molar-refractivity contribution is 0.388. The van der Waals surface area contributed by atoms with Crippen molar-refractivity contribution < 1.29 is 12.9 Å². The molecule has 0 aliphatic heterocycles. The van der Waals surface area contributed by atoms with E-state index >= 15 is 0 Å². The van der Waals surface area contributed by atoms with Crippen molar-refractivity contribution in [2.45, 2.75) is 19.9 Å². The van der Waals surface area contributed by atoms with E-state index in [2.05, 4.69) is 10.5 Å². The molecule has 0 fully saturated rings. The molecule has 0 atom stereocenters. The van der Waals surface area contributed by atoms with Crippen LogP contribution >= 0.6 is 0 Å². The third kappa shape index (κ3) is 5.54. The van der Waals surface area contributed by atoms with Gasteiger partial charge in [-0.05, 0) is 19.9 Å². The first kappa shape index (κ1) is 12.2. The molecule has 0 saturated heterocycles. The molecule has 0 bridgehead atoms. The van der Waals surface area contributed by atoms with Gasteiger partial charge < -0.3 is 9.84 Å². The van der Waals surface area contributed by atoms with Gasteiger partial charge in [0.15, 0.2) is 0 Å². The van der Waals surface area contributed by atoms with Gasteiger partial charge in [0.2, 0.25) is 0 Å². The maximum absolute atomic E-state index is 10.8. The first-order valence-corrected chi connectivity index (χ1v) is 6.84. The van der Waals surface area contributed by atoms with Crippen molar-refractivity contribution >= 4 is 9.84 Å². The van der Waals surface area contributed by atoms with E-state index in [1.807, 2.05) is 13.0 Å². The third-order valence-electron chi connectivity index (χ3n) is 1.85. The molecular formula is C9H16N2O3S. The lowest BCUT2D eigenvalue weighted by Gasteiger charge is -2.00. The van der Waals surface area contributed by atoms with E-state index < -0.39 is 9.84 Å². The van der Waals surface area contributed by atoms with E-state index in [1.54, 1.807) is 0 Å². The van der Waals surface area contributed by atoms with E-state index in [0.29, 0.717) is 19.5 Å². The highest BCUT2D eigenvalue weighted by Crippen LogP contribution is 2.00. The third-order valence-corrected chi connectivity index (χ3v) is 2.88. The molecule has 15 heavy (non-hydrogen) atoms. The van der Waals surface area contributed by atoms with Crippen LogP contribution in [0.25, 0.3) is 0 Å². The molecule has 1 N–H and O–H groups in total. The highest BCUT2D eigenvalue weighted by atomic mass is 32.2. The Balaban J connectivity index is 2.12. The van der Waals surface area contributed by atoms with Crippen molar-refractivity contribution in [3.63, 3.8) is 0 Å². The van der Waals surface area contributed by atoms with Crippen molar-refractivity contribution in [1.29, 1.82) is 0 Å². The second kappa shape index (κ2) is 5.27. The number of aromatic nitrogens is 1. The van der Waals surface area contributed by atoms with Gasteiger partial charge in [0.25, 0.3) is 0 Å². The lowest BCUT2D eigenvalue weighted by atomic mass is 10.3. The van der Waals surface area contributed by atoms with E-state index in [9.17, 15) is 8.42 Å². The summed E-state index contributed by atoms with van der Waals surface area (Å²) in [4.78, 5) is 0. The van der Waals surface area contributed by atoms with Crippen molar-refractivity contribution in [3.8, 4) is 0 Å². The minimum absolute atomic E-state index is 0.220. The number of sulfone groups is 1. The van der Waals surface area contributed by atoms with Crippen molar-refractivity contribution in [3.05, 3.63) is 17.5 Å². The van der Waals surface area contributed by atoms with Crippen molar-refractivity contribution in [2.75, 3.05) is 18.6 Å². The average molecular weight is 232 g/mol. The Morgan fingerprint density at radius 1 is 1.53 bits per heavy atom. The molecule has 0 amide bonds.